The highest BCUT2D eigenvalue weighted by atomic mass is 32.1. The highest BCUT2D eigenvalue weighted by Gasteiger charge is 2.15. The second-order valence-electron chi connectivity index (χ2n) is 14.5. The Bertz CT molecular complexity index is 2920. The Hall–Kier alpha value is -7.48. The molecular weight excluding hydrogens is 865 g/mol. The Morgan fingerprint density at radius 3 is 0.531 bits per heavy atom. The molecule has 0 spiro atoms. The number of fused-ring (bicyclic) bond motifs is 2. The summed E-state index contributed by atoms with van der Waals surface area (Å²) >= 11 is 6.56. The van der Waals surface area contributed by atoms with Gasteiger partial charge in [0.25, 0.3) is 0 Å². The maximum atomic E-state index is 4.85. The minimum Gasteiger partial charge on any atom is -0.265 e. The van der Waals surface area contributed by atoms with E-state index >= 15 is 0 Å². The number of nitrogens with zero attached hydrogens (tertiary/aromatic N) is 8. The average Bonchev–Trinajstić information content (AvgIpc) is 4.17. The molecule has 0 radical (unpaired) electrons. The molecule has 0 saturated heterocycles. The molecule has 0 bridgehead atoms. The van der Waals surface area contributed by atoms with Gasteiger partial charge >= 0.3 is 0 Å². The van der Waals surface area contributed by atoms with Crippen molar-refractivity contribution in [1.29, 1.82) is 0 Å². The molecule has 8 nitrogen and oxygen atoms in total. The maximum Gasteiger partial charge on any atom is 0.155 e. The number of aromatic nitrogens is 8. The second kappa shape index (κ2) is 17.7. The lowest BCUT2D eigenvalue weighted by Gasteiger charge is -2.02. The molecule has 0 aliphatic rings. The zero-order valence-electron chi connectivity index (χ0n) is 33.7. The molecule has 4 aromatic carbocycles. The van der Waals surface area contributed by atoms with E-state index < -0.39 is 0 Å². The summed E-state index contributed by atoms with van der Waals surface area (Å²) in [5.74, 6) is 0. The molecule has 12 aromatic rings. The first-order valence-electron chi connectivity index (χ1n) is 20.2. The summed E-state index contributed by atoms with van der Waals surface area (Å²) in [6, 6.07) is 50.1. The van der Waals surface area contributed by atoms with Crippen molar-refractivity contribution in [2.75, 3.05) is 0 Å². The van der Waals surface area contributed by atoms with Crippen molar-refractivity contribution in [2.24, 2.45) is 0 Å². The van der Waals surface area contributed by atoms with Crippen LogP contribution >= 0.6 is 45.3 Å². The van der Waals surface area contributed by atoms with Gasteiger partial charge in [-0.25, -0.2) is 19.9 Å². The van der Waals surface area contributed by atoms with Gasteiger partial charge in [0.1, 0.15) is 20.0 Å². The van der Waals surface area contributed by atoms with Crippen LogP contribution in [0.5, 0.6) is 0 Å². The summed E-state index contributed by atoms with van der Waals surface area (Å²) in [6.45, 7) is 0. The van der Waals surface area contributed by atoms with Crippen LogP contribution in [0.4, 0.5) is 0 Å². The van der Waals surface area contributed by atoms with E-state index in [2.05, 4.69) is 117 Å². The van der Waals surface area contributed by atoms with Crippen LogP contribution in [-0.4, -0.2) is 39.9 Å². The van der Waals surface area contributed by atoms with E-state index in [9.17, 15) is 0 Å². The molecule has 0 saturated carbocycles. The van der Waals surface area contributed by atoms with Crippen molar-refractivity contribution in [3.8, 4) is 86.8 Å². The minimum atomic E-state index is 0.983. The summed E-state index contributed by atoms with van der Waals surface area (Å²) in [7, 11) is 0. The molecule has 0 aliphatic heterocycles. The van der Waals surface area contributed by atoms with Gasteiger partial charge in [-0.2, -0.15) is 0 Å². The van der Waals surface area contributed by atoms with E-state index in [-0.39, 0.29) is 0 Å². The molecule has 0 atom stereocenters. The van der Waals surface area contributed by atoms with Gasteiger partial charge in [0.05, 0.1) is 0 Å². The van der Waals surface area contributed by atoms with Crippen LogP contribution in [0.15, 0.2) is 195 Å². The summed E-state index contributed by atoms with van der Waals surface area (Å²) in [5.41, 5.74) is 13.8. The molecule has 12 rings (SSSR count). The number of rotatable bonds is 8. The van der Waals surface area contributed by atoms with Crippen LogP contribution in [0.2, 0.25) is 0 Å². The van der Waals surface area contributed by atoms with E-state index in [4.69, 9.17) is 19.9 Å². The predicted octanol–water partition coefficient (Wildman–Crippen LogP) is 14.4. The normalized spacial score (nSPS) is 11.1. The third-order valence-corrected chi connectivity index (χ3v) is 14.8. The third kappa shape index (κ3) is 8.38. The molecule has 0 aliphatic carbocycles. The number of pyridine rings is 4. The Balaban J connectivity index is 0.000000143. The third-order valence-electron chi connectivity index (χ3n) is 10.5. The van der Waals surface area contributed by atoms with Gasteiger partial charge in [-0.3, -0.25) is 19.9 Å². The Kier molecular flexibility index (Phi) is 10.9. The van der Waals surface area contributed by atoms with E-state index in [0.29, 0.717) is 0 Å². The monoisotopic (exact) mass is 896 g/mol. The van der Waals surface area contributed by atoms with E-state index in [1.54, 1.807) is 45.3 Å². The fourth-order valence-corrected chi connectivity index (χ4v) is 11.3. The van der Waals surface area contributed by atoms with Crippen LogP contribution in [-0.2, 0) is 0 Å². The molecule has 0 N–H and O–H groups in total. The highest BCUT2D eigenvalue weighted by molar-refractivity contribution is 7.30. The first kappa shape index (κ1) is 39.4. The van der Waals surface area contributed by atoms with Gasteiger partial charge in [0.2, 0.25) is 0 Å². The molecule has 8 heterocycles. The van der Waals surface area contributed by atoms with Crippen molar-refractivity contribution in [3.05, 3.63) is 195 Å². The number of thiazole rings is 4. The van der Waals surface area contributed by atoms with Crippen LogP contribution in [0.1, 0.15) is 0 Å². The van der Waals surface area contributed by atoms with Gasteiger partial charge < -0.3 is 0 Å². The maximum absolute atomic E-state index is 4.85. The van der Waals surface area contributed by atoms with Crippen molar-refractivity contribution in [2.45, 2.75) is 0 Å². The Morgan fingerprint density at radius 2 is 0.344 bits per heavy atom. The Morgan fingerprint density at radius 1 is 0.188 bits per heavy atom. The average molecular weight is 897 g/mol. The van der Waals surface area contributed by atoms with Gasteiger partial charge in [-0.1, -0.05) is 142 Å². The zero-order chi connectivity index (χ0) is 42.7. The smallest absolute Gasteiger partial charge is 0.155 e. The van der Waals surface area contributed by atoms with Crippen molar-refractivity contribution < 1.29 is 0 Å². The van der Waals surface area contributed by atoms with Crippen molar-refractivity contribution >= 4 is 64.7 Å². The molecule has 0 amide bonds. The van der Waals surface area contributed by atoms with Crippen molar-refractivity contribution in [3.63, 3.8) is 0 Å². The lowest BCUT2D eigenvalue weighted by Crippen LogP contribution is -1.80. The fourth-order valence-electron chi connectivity index (χ4n) is 7.18. The number of hydrogen-bond acceptors (Lipinski definition) is 12. The first-order valence-corrected chi connectivity index (χ1v) is 23.5. The predicted molar refractivity (Wildman–Crippen MR) is 265 cm³/mol. The lowest BCUT2D eigenvalue weighted by molar-refractivity contribution is 1.33. The van der Waals surface area contributed by atoms with Gasteiger partial charge in [0, 0.05) is 71.8 Å². The van der Waals surface area contributed by atoms with Crippen LogP contribution in [0.25, 0.3) is 106 Å². The first-order chi connectivity index (χ1) is 31.7. The number of benzene rings is 4. The fraction of sp³-hybridized carbons (Fsp3) is 0. The quantitative estimate of drug-likeness (QED) is 0.149. The summed E-state index contributed by atoms with van der Waals surface area (Å²) in [4.78, 5) is 39.7. The van der Waals surface area contributed by atoms with E-state index in [0.717, 1.165) is 83.9 Å². The van der Waals surface area contributed by atoms with Crippen LogP contribution in [0.3, 0.4) is 0 Å². The second-order valence-corrected chi connectivity index (χ2v) is 18.5. The summed E-state index contributed by atoms with van der Waals surface area (Å²) in [6.07, 6.45) is 14.5. The number of hydrogen-bond donors (Lipinski definition) is 0. The molecule has 304 valence electrons. The zero-order valence-corrected chi connectivity index (χ0v) is 37.0. The molecule has 0 unspecified atom stereocenters. The van der Waals surface area contributed by atoms with E-state index in [1.807, 2.05) is 98.1 Å². The van der Waals surface area contributed by atoms with Crippen LogP contribution in [0, 0.1) is 0 Å². The molecule has 12 heteroatoms. The van der Waals surface area contributed by atoms with Gasteiger partial charge in [-0.05, 0) is 93.0 Å². The highest BCUT2D eigenvalue weighted by Crippen LogP contribution is 2.39. The van der Waals surface area contributed by atoms with Gasteiger partial charge in [-0.15, -0.1) is 0 Å². The van der Waals surface area contributed by atoms with Crippen molar-refractivity contribution in [1.82, 2.24) is 39.9 Å². The minimum absolute atomic E-state index is 0.983. The summed E-state index contributed by atoms with van der Waals surface area (Å²) in [5, 5.41) is 4.00. The topological polar surface area (TPSA) is 103 Å². The SMILES string of the molecule is c1cc(-c2ccc(-c3nc4sc(-c5ccc(-c6ccncc6)cc5)nc4s3)cc2)ccn1.c1cc(-c2ccc(-c3nc4sc(-c5ccc(-c6ccncc6)cc5)nc4s3)cc2)ccn1. The summed E-state index contributed by atoms with van der Waals surface area (Å²) < 4.78 is 0. The van der Waals surface area contributed by atoms with Crippen LogP contribution < -0.4 is 0 Å². The molecule has 64 heavy (non-hydrogen) atoms. The standard InChI is InChI=1S/2C26H16N4S2/c2*1-5-21(6-2-17(1)19-9-13-27-14-10-19)23-29-25-26(31-23)30-24(32-25)22-7-3-18(4-8-22)20-11-15-28-16-12-20/h2*1-16H. The van der Waals surface area contributed by atoms with Gasteiger partial charge in [0.15, 0.2) is 19.3 Å². The lowest BCUT2D eigenvalue weighted by atomic mass is 10.1. The largest absolute Gasteiger partial charge is 0.265 e. The van der Waals surface area contributed by atoms with E-state index in [1.165, 1.54) is 22.3 Å². The molecule has 0 fully saturated rings. The Labute approximate surface area is 384 Å². The molecular formula is C52H32N8S4. The molecule has 8 aromatic heterocycles.